The molecule has 1 saturated carbocycles. The number of rotatable bonds is 5. The van der Waals surface area contributed by atoms with Crippen LogP contribution >= 0.6 is 0 Å². The molecule has 2 aromatic rings. The summed E-state index contributed by atoms with van der Waals surface area (Å²) in [6.07, 6.45) is 2.07. The number of hydrogen-bond acceptors (Lipinski definition) is 2. The zero-order valence-electron chi connectivity index (χ0n) is 13.0. The van der Waals surface area contributed by atoms with Gasteiger partial charge in [-0.3, -0.25) is 4.79 Å². The molecule has 3 nitrogen and oxygen atoms in total. The van der Waals surface area contributed by atoms with Gasteiger partial charge in [0.15, 0.2) is 0 Å². The van der Waals surface area contributed by atoms with Gasteiger partial charge in [-0.2, -0.15) is 0 Å². The van der Waals surface area contributed by atoms with Gasteiger partial charge in [0.1, 0.15) is 5.82 Å². The predicted octanol–water partition coefficient (Wildman–Crippen LogP) is 3.49. The Morgan fingerprint density at radius 1 is 1.18 bits per heavy atom. The summed E-state index contributed by atoms with van der Waals surface area (Å²) in [4.78, 5) is 12.8. The zero-order valence-corrected chi connectivity index (χ0v) is 13.0. The minimum Gasteiger partial charge on any atom is -0.310 e. The average molecular weight is 300 g/mol. The van der Waals surface area contributed by atoms with E-state index in [1.54, 1.807) is 12.1 Å². The van der Waals surface area contributed by atoms with Gasteiger partial charge < -0.3 is 9.88 Å². The summed E-state index contributed by atoms with van der Waals surface area (Å²) in [7, 11) is 0. The molecule has 0 spiro atoms. The van der Waals surface area contributed by atoms with E-state index in [4.69, 9.17) is 0 Å². The summed E-state index contributed by atoms with van der Waals surface area (Å²) >= 11 is 0. The van der Waals surface area contributed by atoms with Crippen molar-refractivity contribution < 1.29 is 4.39 Å². The second kappa shape index (κ2) is 6.05. The molecule has 1 fully saturated rings. The molecule has 0 radical (unpaired) electrons. The fourth-order valence-electron chi connectivity index (χ4n) is 2.60. The highest BCUT2D eigenvalue weighted by Gasteiger charge is 2.27. The maximum absolute atomic E-state index is 13.1. The SMILES string of the molecule is CC(C)NCc1ccc(-c2ccc(F)cc2)n(C2CC2)c1=O. The third kappa shape index (κ3) is 3.12. The third-order valence-electron chi connectivity index (χ3n) is 3.95. The third-order valence-corrected chi connectivity index (χ3v) is 3.95. The van der Waals surface area contributed by atoms with Gasteiger partial charge in [-0.25, -0.2) is 4.39 Å². The number of nitrogens with zero attached hydrogens (tertiary/aromatic N) is 1. The summed E-state index contributed by atoms with van der Waals surface area (Å²) < 4.78 is 15.0. The van der Waals surface area contributed by atoms with Crippen molar-refractivity contribution in [1.29, 1.82) is 0 Å². The molecule has 1 heterocycles. The fourth-order valence-corrected chi connectivity index (χ4v) is 2.60. The molecule has 1 aliphatic rings. The van der Waals surface area contributed by atoms with Crippen LogP contribution in [0.4, 0.5) is 4.39 Å². The first-order chi connectivity index (χ1) is 10.6. The molecule has 1 aromatic heterocycles. The molecular weight excluding hydrogens is 279 g/mol. The Kier molecular flexibility index (Phi) is 4.12. The molecule has 116 valence electrons. The molecule has 1 N–H and O–H groups in total. The Morgan fingerprint density at radius 3 is 2.45 bits per heavy atom. The van der Waals surface area contributed by atoms with Crippen LogP contribution in [0.1, 0.15) is 38.3 Å². The average Bonchev–Trinajstić information content (AvgIpc) is 3.31. The van der Waals surface area contributed by atoms with Gasteiger partial charge in [-0.15, -0.1) is 0 Å². The largest absolute Gasteiger partial charge is 0.310 e. The van der Waals surface area contributed by atoms with Gasteiger partial charge >= 0.3 is 0 Å². The van der Waals surface area contributed by atoms with Crippen LogP contribution in [0.3, 0.4) is 0 Å². The van der Waals surface area contributed by atoms with Crippen LogP contribution in [0.25, 0.3) is 11.3 Å². The van der Waals surface area contributed by atoms with Gasteiger partial charge in [0.25, 0.3) is 5.56 Å². The summed E-state index contributed by atoms with van der Waals surface area (Å²) in [6, 6.07) is 10.8. The van der Waals surface area contributed by atoms with Gasteiger partial charge in [0, 0.05) is 24.2 Å². The number of nitrogens with one attached hydrogen (secondary N) is 1. The van der Waals surface area contributed by atoms with Crippen molar-refractivity contribution in [2.24, 2.45) is 0 Å². The van der Waals surface area contributed by atoms with E-state index in [-0.39, 0.29) is 17.4 Å². The standard InChI is InChI=1S/C18H21FN2O/c1-12(2)20-11-14-5-10-17(13-3-6-15(19)7-4-13)21(18(14)22)16-8-9-16/h3-7,10,12,16,20H,8-9,11H2,1-2H3. The van der Waals surface area contributed by atoms with Crippen LogP contribution < -0.4 is 10.9 Å². The summed E-state index contributed by atoms with van der Waals surface area (Å²) in [5.41, 5.74) is 2.61. The van der Waals surface area contributed by atoms with Crippen LogP contribution in [0.15, 0.2) is 41.2 Å². The first-order valence-electron chi connectivity index (χ1n) is 7.80. The smallest absolute Gasteiger partial charge is 0.255 e. The molecule has 0 amide bonds. The van der Waals surface area contributed by atoms with Crippen molar-refractivity contribution in [3.63, 3.8) is 0 Å². The lowest BCUT2D eigenvalue weighted by Gasteiger charge is -2.15. The van der Waals surface area contributed by atoms with E-state index in [2.05, 4.69) is 19.2 Å². The highest BCUT2D eigenvalue weighted by Crippen LogP contribution is 2.37. The predicted molar refractivity (Wildman–Crippen MR) is 86.3 cm³/mol. The maximum atomic E-state index is 13.1. The van der Waals surface area contributed by atoms with Gasteiger partial charge in [-0.1, -0.05) is 19.9 Å². The van der Waals surface area contributed by atoms with Crippen LogP contribution in [-0.4, -0.2) is 10.6 Å². The number of aromatic nitrogens is 1. The number of pyridine rings is 1. The maximum Gasteiger partial charge on any atom is 0.255 e. The number of halogens is 1. The van der Waals surface area contributed by atoms with Crippen LogP contribution in [-0.2, 0) is 6.54 Å². The molecule has 0 aliphatic heterocycles. The molecule has 4 heteroatoms. The van der Waals surface area contributed by atoms with Crippen LogP contribution in [0, 0.1) is 5.82 Å². The quantitative estimate of drug-likeness (QED) is 0.917. The van der Waals surface area contributed by atoms with E-state index in [1.807, 2.05) is 16.7 Å². The lowest BCUT2D eigenvalue weighted by atomic mass is 10.1. The molecule has 0 saturated heterocycles. The molecular formula is C18H21FN2O. The monoisotopic (exact) mass is 300 g/mol. The lowest BCUT2D eigenvalue weighted by molar-refractivity contribution is 0.579. The topological polar surface area (TPSA) is 34.0 Å². The van der Waals surface area contributed by atoms with Crippen molar-refractivity contribution in [3.05, 3.63) is 58.1 Å². The fraction of sp³-hybridized carbons (Fsp3) is 0.389. The van der Waals surface area contributed by atoms with Crippen LogP contribution in [0.5, 0.6) is 0 Å². The van der Waals surface area contributed by atoms with E-state index < -0.39 is 0 Å². The summed E-state index contributed by atoms with van der Waals surface area (Å²) in [5.74, 6) is -0.262. The molecule has 1 aromatic carbocycles. The molecule has 22 heavy (non-hydrogen) atoms. The number of benzene rings is 1. The molecule has 1 aliphatic carbocycles. The minimum atomic E-state index is -0.262. The Balaban J connectivity index is 2.02. The van der Waals surface area contributed by atoms with Crippen molar-refractivity contribution >= 4 is 0 Å². The van der Waals surface area contributed by atoms with Gasteiger partial charge in [0.2, 0.25) is 0 Å². The summed E-state index contributed by atoms with van der Waals surface area (Å²) in [5, 5.41) is 3.29. The highest BCUT2D eigenvalue weighted by atomic mass is 19.1. The number of hydrogen-bond donors (Lipinski definition) is 1. The molecule has 3 rings (SSSR count). The molecule has 0 atom stereocenters. The van der Waals surface area contributed by atoms with E-state index in [0.717, 1.165) is 29.7 Å². The molecule has 0 bridgehead atoms. The van der Waals surface area contributed by atoms with E-state index in [9.17, 15) is 9.18 Å². The van der Waals surface area contributed by atoms with Crippen molar-refractivity contribution in [2.45, 2.75) is 45.3 Å². The van der Waals surface area contributed by atoms with Gasteiger partial charge in [0.05, 0.1) is 5.69 Å². The Labute approximate surface area is 129 Å². The van der Waals surface area contributed by atoms with Crippen LogP contribution in [0.2, 0.25) is 0 Å². The van der Waals surface area contributed by atoms with Crippen molar-refractivity contribution in [1.82, 2.24) is 9.88 Å². The zero-order chi connectivity index (χ0) is 15.7. The van der Waals surface area contributed by atoms with E-state index >= 15 is 0 Å². The Hall–Kier alpha value is -1.94. The first kappa shape index (κ1) is 15.0. The van der Waals surface area contributed by atoms with Crippen molar-refractivity contribution in [2.75, 3.05) is 0 Å². The Bertz CT molecular complexity index is 715. The molecule has 0 unspecified atom stereocenters. The van der Waals surface area contributed by atoms with E-state index in [1.165, 1.54) is 12.1 Å². The second-order valence-corrected chi connectivity index (χ2v) is 6.19. The summed E-state index contributed by atoms with van der Waals surface area (Å²) in [6.45, 7) is 4.70. The highest BCUT2D eigenvalue weighted by molar-refractivity contribution is 5.60. The van der Waals surface area contributed by atoms with E-state index in [0.29, 0.717) is 12.6 Å². The first-order valence-corrected chi connectivity index (χ1v) is 7.80. The Morgan fingerprint density at radius 2 is 1.86 bits per heavy atom. The second-order valence-electron chi connectivity index (χ2n) is 6.19. The lowest BCUT2D eigenvalue weighted by Crippen LogP contribution is -2.30. The normalized spacial score (nSPS) is 14.5. The van der Waals surface area contributed by atoms with Crippen molar-refractivity contribution in [3.8, 4) is 11.3 Å². The van der Waals surface area contributed by atoms with Gasteiger partial charge in [-0.05, 0) is 48.7 Å². The minimum absolute atomic E-state index is 0.0671.